The fraction of sp³-hybridized carbons (Fsp3) is 0.208. The number of esters is 1. The van der Waals surface area contributed by atoms with Gasteiger partial charge in [-0.25, -0.2) is 9.59 Å². The van der Waals surface area contributed by atoms with Crippen LogP contribution in [-0.4, -0.2) is 66.9 Å². The van der Waals surface area contributed by atoms with Crippen LogP contribution in [0.15, 0.2) is 146 Å². The highest BCUT2D eigenvalue weighted by Crippen LogP contribution is 2.25. The topological polar surface area (TPSA) is 140 Å². The molecule has 0 unspecified atom stereocenters. The Balaban J connectivity index is 0.000000271. The van der Waals surface area contributed by atoms with Gasteiger partial charge in [-0.1, -0.05) is 108 Å². The molecular formula is C48H49Cl2N3O6. The number of hydrogen-bond acceptors (Lipinski definition) is 8. The summed E-state index contributed by atoms with van der Waals surface area (Å²) in [4.78, 5) is 23.1. The van der Waals surface area contributed by atoms with E-state index in [1.54, 1.807) is 72.8 Å². The Morgan fingerprint density at radius 2 is 1.15 bits per heavy atom. The van der Waals surface area contributed by atoms with Crippen molar-refractivity contribution in [2.45, 2.75) is 25.0 Å². The SMILES string of the molecule is [2H]C([2H])(Cc1cccc(-c2cccc(C(=O)O)c2)c1)C([2H])([2H])NC([2H])([2H])[C@]([2H])(O)c1cccc(Cl)c1.[2H]C([2H])(Nc1cccc(-c2cccc(C(=O)OC)c2)c1)C([2H])([2H])NC([2H])([2H])[C@]([2H])(O)c1cccc(Cl)c1. The number of ether oxygens (including phenoxy) is 1. The predicted octanol–water partition coefficient (Wildman–Crippen LogP) is 9.49. The first-order chi connectivity index (χ1) is 33.6. The van der Waals surface area contributed by atoms with Crippen LogP contribution in [0.25, 0.3) is 22.3 Å². The van der Waals surface area contributed by atoms with Gasteiger partial charge in [0.05, 0.1) is 35.9 Å². The van der Waals surface area contributed by atoms with E-state index in [0.717, 1.165) is 6.07 Å². The molecule has 6 aromatic rings. The van der Waals surface area contributed by atoms with Crippen LogP contribution >= 0.6 is 23.2 Å². The molecule has 0 saturated carbocycles. The van der Waals surface area contributed by atoms with Gasteiger partial charge in [-0.15, -0.1) is 0 Å². The van der Waals surface area contributed by atoms with Gasteiger partial charge in [0.25, 0.3) is 0 Å². The average molecular weight is 849 g/mol. The molecule has 0 bridgehead atoms. The fourth-order valence-corrected chi connectivity index (χ4v) is 5.72. The van der Waals surface area contributed by atoms with Gasteiger partial charge in [0.2, 0.25) is 0 Å². The molecule has 6 aromatic carbocycles. The van der Waals surface area contributed by atoms with Crippen LogP contribution in [0.1, 0.15) is 75.1 Å². The molecule has 0 aliphatic heterocycles. The van der Waals surface area contributed by atoms with Gasteiger partial charge in [0, 0.05) is 55.4 Å². The molecule has 0 saturated heterocycles. The van der Waals surface area contributed by atoms with Crippen LogP contribution in [0.5, 0.6) is 0 Å². The number of carboxylic acid groups (broad SMARTS) is 1. The van der Waals surface area contributed by atoms with Crippen molar-refractivity contribution < 1.29 is 48.8 Å². The first-order valence-corrected chi connectivity index (χ1v) is 18.5. The molecular weight excluding hydrogens is 785 g/mol. The van der Waals surface area contributed by atoms with Gasteiger partial charge in [-0.3, -0.25) is 0 Å². The number of aromatic carboxylic acids is 1. The number of anilines is 1. The van der Waals surface area contributed by atoms with Gasteiger partial charge in [-0.2, -0.15) is 0 Å². The van der Waals surface area contributed by atoms with Gasteiger partial charge in [0.1, 0.15) is 0 Å². The molecule has 6 rings (SSSR count). The third-order valence-electron chi connectivity index (χ3n) is 8.18. The lowest BCUT2D eigenvalue weighted by atomic mass is 9.99. The zero-order valence-corrected chi connectivity index (χ0v) is 32.9. The minimum atomic E-state index is -3.15. The van der Waals surface area contributed by atoms with E-state index in [4.69, 9.17) is 47.1 Å². The average Bonchev–Trinajstić information content (AvgIpc) is 3.30. The van der Waals surface area contributed by atoms with Gasteiger partial charge < -0.3 is 36.0 Å². The summed E-state index contributed by atoms with van der Waals surface area (Å²) in [6.45, 7) is -15.3. The summed E-state index contributed by atoms with van der Waals surface area (Å²) < 4.78 is 120. The third-order valence-corrected chi connectivity index (χ3v) is 8.65. The molecule has 0 amide bonds. The second-order valence-electron chi connectivity index (χ2n) is 12.3. The highest BCUT2D eigenvalue weighted by molar-refractivity contribution is 6.30. The van der Waals surface area contributed by atoms with E-state index in [-0.39, 0.29) is 32.4 Å². The summed E-state index contributed by atoms with van der Waals surface area (Å²) in [5.41, 5.74) is 2.85. The second kappa shape index (κ2) is 23.2. The molecule has 59 heavy (non-hydrogen) atoms. The van der Waals surface area contributed by atoms with Crippen molar-refractivity contribution in [3.8, 4) is 22.3 Å². The highest BCUT2D eigenvalue weighted by atomic mass is 35.5. The number of hydrogen-bond donors (Lipinski definition) is 6. The number of methoxy groups -OCH3 is 1. The molecule has 0 fully saturated rings. The predicted molar refractivity (Wildman–Crippen MR) is 237 cm³/mol. The number of benzene rings is 6. The van der Waals surface area contributed by atoms with E-state index in [1.165, 1.54) is 73.8 Å². The van der Waals surface area contributed by atoms with E-state index < -0.39 is 69.4 Å². The van der Waals surface area contributed by atoms with Crippen molar-refractivity contribution >= 4 is 40.8 Å². The van der Waals surface area contributed by atoms with E-state index in [9.17, 15) is 24.9 Å². The summed E-state index contributed by atoms with van der Waals surface area (Å²) in [7, 11) is 1.27. The third kappa shape index (κ3) is 14.4. The van der Waals surface area contributed by atoms with Gasteiger partial charge >= 0.3 is 11.9 Å². The van der Waals surface area contributed by atoms with Gasteiger partial charge in [-0.05, 0) is 119 Å². The Kier molecular flexibility index (Phi) is 11.3. The van der Waals surface area contributed by atoms with Crippen LogP contribution in [0.3, 0.4) is 0 Å². The van der Waals surface area contributed by atoms with Crippen LogP contribution in [0, 0.1) is 0 Å². The second-order valence-corrected chi connectivity index (χ2v) is 13.2. The molecule has 0 radical (unpaired) electrons. The summed E-state index contributed by atoms with van der Waals surface area (Å²) >= 11 is 11.8. The first kappa shape index (κ1) is 28.8. The van der Waals surface area contributed by atoms with E-state index in [1.807, 2.05) is 10.6 Å². The monoisotopic (exact) mass is 847 g/mol. The van der Waals surface area contributed by atoms with E-state index in [0.29, 0.717) is 33.4 Å². The Hall–Kier alpha value is -5.52. The summed E-state index contributed by atoms with van der Waals surface area (Å²) in [6.07, 6.45) is -9.17. The highest BCUT2D eigenvalue weighted by Gasteiger charge is 2.10. The minimum Gasteiger partial charge on any atom is -0.478 e. The smallest absolute Gasteiger partial charge is 0.337 e. The maximum atomic E-state index is 11.9. The number of aliphatic hydroxyl groups is 2. The molecule has 0 spiro atoms. The Morgan fingerprint density at radius 3 is 1.75 bits per heavy atom. The van der Waals surface area contributed by atoms with Gasteiger partial charge in [0.15, 0.2) is 0 Å². The number of nitrogens with one attached hydrogen (secondary N) is 3. The normalized spacial score (nSPS) is 17.8. The van der Waals surface area contributed by atoms with Crippen molar-refractivity contribution in [1.82, 2.24) is 10.6 Å². The standard InChI is InChI=1S/C24H25ClN2O3.C24H24ClNO3/c1-30-24(29)20-8-2-5-17(13-20)18-6-4-10-22(15-18)27-12-11-26-16-23(28)19-7-3-9-21(25)14-19;25-22-11-3-9-20(15-22)23(27)16-26-12-4-6-17-5-1-7-18(13-17)19-8-2-10-21(14-19)24(28)29/h2-10,13-15,23,26-28H,11-12,16H2,1H3;1-3,5,7-11,13-15,23,26-27H,4,6,12,16H2,(H,28,29)/t2*23-/m00/s1/i11D2,12D2,16D2,23D;4D2,12D2,16D2,23D. The lowest BCUT2D eigenvalue weighted by Crippen LogP contribution is -2.26. The van der Waals surface area contributed by atoms with Crippen molar-refractivity contribution in [2.24, 2.45) is 0 Å². The molecule has 0 aromatic heterocycles. The minimum absolute atomic E-state index is 0.0820. The quantitative estimate of drug-likeness (QED) is 0.0467. The molecule has 0 aliphatic carbocycles. The zero-order chi connectivity index (χ0) is 54.6. The maximum absolute atomic E-state index is 11.9. The fourth-order valence-electron chi connectivity index (χ4n) is 5.33. The zero-order valence-electron chi connectivity index (χ0n) is 45.4. The van der Waals surface area contributed by atoms with Crippen molar-refractivity contribution in [3.05, 3.63) is 183 Å². The lowest BCUT2D eigenvalue weighted by molar-refractivity contribution is 0.0599. The molecule has 11 heteroatoms. The number of rotatable bonds is 18. The van der Waals surface area contributed by atoms with Crippen molar-refractivity contribution in [3.63, 3.8) is 0 Å². The number of carbonyl (C=O) groups is 2. The summed E-state index contributed by atoms with van der Waals surface area (Å²) in [5, 5.41) is 36.8. The number of aryl methyl sites for hydroxylation is 1. The summed E-state index contributed by atoms with van der Waals surface area (Å²) in [5.74, 6) is -1.61. The first-order valence-electron chi connectivity index (χ1n) is 24.7. The van der Waals surface area contributed by atoms with Crippen molar-refractivity contribution in [2.75, 3.05) is 44.9 Å². The van der Waals surface area contributed by atoms with Crippen LogP contribution < -0.4 is 16.0 Å². The number of carboxylic acids is 1. The molecule has 0 heterocycles. The lowest BCUT2D eigenvalue weighted by Gasteiger charge is -2.13. The number of carbonyl (C=O) groups excluding carboxylic acids is 1. The van der Waals surface area contributed by atoms with Crippen molar-refractivity contribution in [1.29, 1.82) is 0 Å². The molecule has 306 valence electrons. The largest absolute Gasteiger partial charge is 0.478 e. The maximum Gasteiger partial charge on any atom is 0.337 e. The van der Waals surface area contributed by atoms with Crippen LogP contribution in [0.2, 0.25) is 10.0 Å². The molecule has 9 nitrogen and oxygen atoms in total. The molecule has 6 N–H and O–H groups in total. The van der Waals surface area contributed by atoms with Crippen LogP contribution in [0.4, 0.5) is 5.69 Å². The van der Waals surface area contributed by atoms with E-state index in [2.05, 4.69) is 5.32 Å². The Morgan fingerprint density at radius 1 is 0.644 bits per heavy atom. The summed E-state index contributed by atoms with van der Waals surface area (Å²) in [6, 6.07) is 36.2. The number of halogens is 2. The Labute approximate surface area is 375 Å². The molecule has 2 atom stereocenters. The van der Waals surface area contributed by atoms with E-state index >= 15 is 0 Å². The molecule has 0 aliphatic rings. The van der Waals surface area contributed by atoms with Crippen LogP contribution in [-0.2, 0) is 11.2 Å². The Bertz CT molecular complexity index is 2950.